The summed E-state index contributed by atoms with van der Waals surface area (Å²) in [4.78, 5) is 38.9. The largest absolute Gasteiger partial charge is 0.467 e. The van der Waals surface area contributed by atoms with Crippen LogP contribution in [0.1, 0.15) is 77.6 Å². The normalized spacial score (nSPS) is 19.3. The van der Waals surface area contributed by atoms with E-state index in [1.807, 2.05) is 24.3 Å². The van der Waals surface area contributed by atoms with Gasteiger partial charge in [-0.2, -0.15) is 0 Å². The number of benzene rings is 2. The van der Waals surface area contributed by atoms with Crippen molar-refractivity contribution in [3.63, 3.8) is 0 Å². The van der Waals surface area contributed by atoms with E-state index in [1.54, 1.807) is 32.9 Å². The molecular weight excluding hydrogens is 456 g/mol. The highest BCUT2D eigenvalue weighted by atomic mass is 16.6. The van der Waals surface area contributed by atoms with Crippen molar-refractivity contribution in [3.8, 4) is 0 Å². The van der Waals surface area contributed by atoms with Gasteiger partial charge in [0.1, 0.15) is 11.6 Å². The van der Waals surface area contributed by atoms with Gasteiger partial charge >= 0.3 is 12.1 Å². The van der Waals surface area contributed by atoms with Gasteiger partial charge in [-0.15, -0.1) is 0 Å². The van der Waals surface area contributed by atoms with Crippen molar-refractivity contribution in [2.24, 2.45) is 17.3 Å². The molecule has 36 heavy (non-hydrogen) atoms. The van der Waals surface area contributed by atoms with Crippen LogP contribution in [0.3, 0.4) is 0 Å². The summed E-state index contributed by atoms with van der Waals surface area (Å²) in [6, 6.07) is 10.3. The first-order valence-corrected chi connectivity index (χ1v) is 12.7. The standard InChI is InChI=1S/C29H40N2O5/c1-28(2,3)21-14-12-18(13-15-21)24(26(33)35-7)31-25(32)22-16-19-10-8-9-11-20(19)17-23(22)30-27(34)36-29(4,5)6/h8-11,16-18,21,24H,12-15H2,1-7H3,(H,30,34)(H,31,32)/t18?,21?,24-/m0/s1. The first-order chi connectivity index (χ1) is 16.8. The maximum atomic E-state index is 13.6. The van der Waals surface area contributed by atoms with Gasteiger partial charge in [0.15, 0.2) is 0 Å². The highest BCUT2D eigenvalue weighted by molar-refractivity contribution is 6.07. The molecule has 0 heterocycles. The lowest BCUT2D eigenvalue weighted by Crippen LogP contribution is -2.48. The number of ether oxygens (including phenoxy) is 2. The van der Waals surface area contributed by atoms with Gasteiger partial charge in [0.2, 0.25) is 0 Å². The summed E-state index contributed by atoms with van der Waals surface area (Å²) in [6.07, 6.45) is 3.01. The monoisotopic (exact) mass is 496 g/mol. The molecule has 1 atom stereocenters. The second-order valence-corrected chi connectivity index (χ2v) is 11.8. The minimum Gasteiger partial charge on any atom is -0.467 e. The zero-order valence-corrected chi connectivity index (χ0v) is 22.6. The van der Waals surface area contributed by atoms with Crippen molar-refractivity contribution in [1.82, 2.24) is 5.32 Å². The van der Waals surface area contributed by atoms with Crippen LogP contribution in [0.4, 0.5) is 10.5 Å². The minimum atomic E-state index is -0.760. The van der Waals surface area contributed by atoms with Crippen LogP contribution in [0.5, 0.6) is 0 Å². The Morgan fingerprint density at radius 2 is 1.50 bits per heavy atom. The zero-order valence-electron chi connectivity index (χ0n) is 22.6. The Kier molecular flexibility index (Phi) is 8.32. The molecule has 0 spiro atoms. The third-order valence-electron chi connectivity index (χ3n) is 6.98. The fourth-order valence-electron chi connectivity index (χ4n) is 4.98. The number of hydrogen-bond donors (Lipinski definition) is 2. The molecule has 0 bridgehead atoms. The average molecular weight is 497 g/mol. The van der Waals surface area contributed by atoms with Gasteiger partial charge in [0.25, 0.3) is 5.91 Å². The molecule has 2 aromatic rings. The van der Waals surface area contributed by atoms with E-state index < -0.39 is 29.6 Å². The SMILES string of the molecule is COC(=O)[C@@H](NC(=O)c1cc2ccccc2cc1NC(=O)OC(C)(C)C)C1CCC(C(C)(C)C)CC1. The molecule has 0 unspecified atom stereocenters. The summed E-state index contributed by atoms with van der Waals surface area (Å²) in [7, 11) is 1.34. The number of hydrogen-bond acceptors (Lipinski definition) is 5. The lowest BCUT2D eigenvalue weighted by atomic mass is 9.68. The predicted molar refractivity (Wildman–Crippen MR) is 142 cm³/mol. The maximum absolute atomic E-state index is 13.6. The van der Waals surface area contributed by atoms with Crippen LogP contribution in [0.2, 0.25) is 0 Å². The molecule has 7 nitrogen and oxygen atoms in total. The van der Waals surface area contributed by atoms with Gasteiger partial charge in [0, 0.05) is 0 Å². The number of nitrogens with one attached hydrogen (secondary N) is 2. The molecule has 2 N–H and O–H groups in total. The summed E-state index contributed by atoms with van der Waals surface area (Å²) in [5.41, 5.74) is 0.102. The number of anilines is 1. The lowest BCUT2D eigenvalue weighted by Gasteiger charge is -2.38. The maximum Gasteiger partial charge on any atom is 0.412 e. The van der Waals surface area contributed by atoms with Crippen molar-refractivity contribution in [1.29, 1.82) is 0 Å². The van der Waals surface area contributed by atoms with E-state index in [2.05, 4.69) is 31.4 Å². The molecule has 1 fully saturated rings. The molecule has 1 aliphatic rings. The molecular formula is C29H40N2O5. The summed E-state index contributed by atoms with van der Waals surface area (Å²) in [5.74, 6) is -0.333. The molecule has 0 aromatic heterocycles. The summed E-state index contributed by atoms with van der Waals surface area (Å²) in [5, 5.41) is 7.36. The predicted octanol–water partition coefficient (Wildman–Crippen LogP) is 6.31. The van der Waals surface area contributed by atoms with E-state index in [9.17, 15) is 14.4 Å². The fourth-order valence-corrected chi connectivity index (χ4v) is 4.98. The van der Waals surface area contributed by atoms with Gasteiger partial charge in [-0.05, 0) is 86.6 Å². The van der Waals surface area contributed by atoms with Crippen LogP contribution in [0, 0.1) is 17.3 Å². The van der Waals surface area contributed by atoms with Gasteiger partial charge in [-0.3, -0.25) is 10.1 Å². The second-order valence-electron chi connectivity index (χ2n) is 11.8. The molecule has 7 heteroatoms. The molecule has 2 amide bonds. The molecule has 1 saturated carbocycles. The molecule has 196 valence electrons. The first-order valence-electron chi connectivity index (χ1n) is 12.7. The molecule has 0 aliphatic heterocycles. The summed E-state index contributed by atoms with van der Waals surface area (Å²) >= 11 is 0. The topological polar surface area (TPSA) is 93.7 Å². The van der Waals surface area contributed by atoms with Crippen molar-refractivity contribution in [2.75, 3.05) is 12.4 Å². The van der Waals surface area contributed by atoms with Crippen LogP contribution in [-0.2, 0) is 14.3 Å². The Morgan fingerprint density at radius 1 is 0.917 bits per heavy atom. The van der Waals surface area contributed by atoms with E-state index in [4.69, 9.17) is 9.47 Å². The highest BCUT2D eigenvalue weighted by Crippen LogP contribution is 2.41. The van der Waals surface area contributed by atoms with Crippen LogP contribution >= 0.6 is 0 Å². The Hall–Kier alpha value is -3.09. The Morgan fingerprint density at radius 3 is 2.03 bits per heavy atom. The molecule has 3 rings (SSSR count). The van der Waals surface area contributed by atoms with Crippen LogP contribution in [0.15, 0.2) is 36.4 Å². The smallest absolute Gasteiger partial charge is 0.412 e. The number of rotatable bonds is 5. The number of methoxy groups -OCH3 is 1. The number of carbonyl (C=O) groups is 3. The van der Waals surface area contributed by atoms with Crippen molar-refractivity contribution >= 4 is 34.4 Å². The van der Waals surface area contributed by atoms with E-state index in [0.29, 0.717) is 11.6 Å². The molecule has 2 aromatic carbocycles. The van der Waals surface area contributed by atoms with Gasteiger partial charge in [-0.25, -0.2) is 9.59 Å². The van der Waals surface area contributed by atoms with E-state index >= 15 is 0 Å². The third kappa shape index (κ3) is 6.99. The van der Waals surface area contributed by atoms with Gasteiger partial charge < -0.3 is 14.8 Å². The van der Waals surface area contributed by atoms with Crippen molar-refractivity contribution in [3.05, 3.63) is 42.0 Å². The lowest BCUT2D eigenvalue weighted by molar-refractivity contribution is -0.144. The first kappa shape index (κ1) is 27.5. The van der Waals surface area contributed by atoms with Gasteiger partial charge in [0.05, 0.1) is 18.4 Å². The molecule has 1 aliphatic carbocycles. The number of esters is 1. The van der Waals surface area contributed by atoms with Crippen molar-refractivity contribution < 1.29 is 23.9 Å². The zero-order chi connectivity index (χ0) is 26.7. The summed E-state index contributed by atoms with van der Waals surface area (Å²) < 4.78 is 10.5. The van der Waals surface area contributed by atoms with Crippen molar-refractivity contribution in [2.45, 2.75) is 78.9 Å². The van der Waals surface area contributed by atoms with E-state index in [-0.39, 0.29) is 16.9 Å². The second kappa shape index (κ2) is 10.9. The number of carbonyl (C=O) groups excluding carboxylic acids is 3. The van der Waals surface area contributed by atoms with E-state index in [1.165, 1.54) is 7.11 Å². The minimum absolute atomic E-state index is 0.0114. The Balaban J connectivity index is 1.88. The molecule has 0 saturated heterocycles. The fraction of sp³-hybridized carbons (Fsp3) is 0.552. The molecule has 0 radical (unpaired) electrons. The average Bonchev–Trinajstić information content (AvgIpc) is 2.79. The Labute approximate surface area is 214 Å². The van der Waals surface area contributed by atoms with Crippen LogP contribution in [0.25, 0.3) is 10.8 Å². The van der Waals surface area contributed by atoms with Crippen LogP contribution in [-0.4, -0.2) is 36.7 Å². The van der Waals surface area contributed by atoms with E-state index in [0.717, 1.165) is 36.5 Å². The van der Waals surface area contributed by atoms with Crippen LogP contribution < -0.4 is 10.6 Å². The summed E-state index contributed by atoms with van der Waals surface area (Å²) in [6.45, 7) is 12.1. The third-order valence-corrected chi connectivity index (χ3v) is 6.98. The Bertz CT molecular complexity index is 1100. The quantitative estimate of drug-likeness (QED) is 0.473. The van der Waals surface area contributed by atoms with Gasteiger partial charge in [-0.1, -0.05) is 45.0 Å². The highest BCUT2D eigenvalue weighted by Gasteiger charge is 2.37. The number of amides is 2. The number of fused-ring (bicyclic) bond motifs is 1.